The molecule has 0 saturated heterocycles. The average molecular weight is 451 g/mol. The monoisotopic (exact) mass is 450 g/mol. The summed E-state index contributed by atoms with van der Waals surface area (Å²) < 4.78 is 5.75. The summed E-state index contributed by atoms with van der Waals surface area (Å²) in [6, 6.07) is 0. The molecule has 0 heterocycles. The number of carboxylic acids is 1. The Kier molecular flexibility index (Phi) is 18.2. The first kappa shape index (κ1) is 28.7. The fourth-order valence-corrected chi connectivity index (χ4v) is 4.73. The van der Waals surface area contributed by atoms with Gasteiger partial charge in [-0.15, -0.1) is 0 Å². The zero-order chi connectivity index (χ0) is 23.3. The highest BCUT2D eigenvalue weighted by molar-refractivity contribution is 5.70. The van der Waals surface area contributed by atoms with E-state index in [1.165, 1.54) is 89.9 Å². The van der Waals surface area contributed by atoms with Crippen molar-refractivity contribution in [3.63, 3.8) is 0 Å². The molecule has 0 aromatic carbocycles. The van der Waals surface area contributed by atoms with Crippen LogP contribution in [-0.4, -0.2) is 23.1 Å². The first-order valence-electron chi connectivity index (χ1n) is 13.7. The molecule has 32 heavy (non-hydrogen) atoms. The summed E-state index contributed by atoms with van der Waals surface area (Å²) >= 11 is 0. The molecule has 1 aliphatic rings. The first-order valence-corrected chi connectivity index (χ1v) is 13.7. The number of allylic oxidation sites excluding steroid dienone is 2. The molecular weight excluding hydrogens is 400 g/mol. The van der Waals surface area contributed by atoms with Crippen molar-refractivity contribution < 1.29 is 19.4 Å². The van der Waals surface area contributed by atoms with Crippen molar-refractivity contribution in [2.24, 2.45) is 5.92 Å². The number of rotatable bonds is 20. The maximum Gasteiger partial charge on any atom is 0.306 e. The quantitative estimate of drug-likeness (QED) is 0.115. The van der Waals surface area contributed by atoms with E-state index in [-0.39, 0.29) is 18.5 Å². The van der Waals surface area contributed by atoms with E-state index in [0.29, 0.717) is 18.8 Å². The van der Waals surface area contributed by atoms with Crippen molar-refractivity contribution in [2.75, 3.05) is 0 Å². The minimum atomic E-state index is -0.806. The van der Waals surface area contributed by atoms with Crippen LogP contribution < -0.4 is 0 Å². The molecule has 0 spiro atoms. The molecule has 0 radical (unpaired) electrons. The fourth-order valence-electron chi connectivity index (χ4n) is 4.73. The summed E-state index contributed by atoms with van der Waals surface area (Å²) in [5.74, 6) is -0.594. The molecule has 4 heteroatoms. The van der Waals surface area contributed by atoms with Crippen molar-refractivity contribution in [2.45, 2.75) is 148 Å². The van der Waals surface area contributed by atoms with Crippen LogP contribution in [0.3, 0.4) is 0 Å². The first-order chi connectivity index (χ1) is 15.6. The highest BCUT2D eigenvalue weighted by atomic mass is 16.5. The second-order valence-electron chi connectivity index (χ2n) is 9.69. The average Bonchev–Trinajstić information content (AvgIpc) is 2.79. The third kappa shape index (κ3) is 16.3. The van der Waals surface area contributed by atoms with Crippen LogP contribution in [0.15, 0.2) is 12.2 Å². The molecular formula is C28H50O4. The lowest BCUT2D eigenvalue weighted by molar-refractivity contribution is -0.154. The predicted molar refractivity (Wildman–Crippen MR) is 133 cm³/mol. The molecule has 1 saturated carbocycles. The lowest BCUT2D eigenvalue weighted by atomic mass is 9.83. The number of ether oxygens (including phenoxy) is 1. The van der Waals surface area contributed by atoms with Gasteiger partial charge in [-0.05, 0) is 57.3 Å². The van der Waals surface area contributed by atoms with Gasteiger partial charge < -0.3 is 9.84 Å². The number of aliphatic carboxylic acids is 1. The van der Waals surface area contributed by atoms with E-state index in [9.17, 15) is 9.59 Å². The number of carbonyl (C=O) groups excluding carboxylic acids is 1. The van der Waals surface area contributed by atoms with Gasteiger partial charge in [0.2, 0.25) is 0 Å². The van der Waals surface area contributed by atoms with Gasteiger partial charge in [0.05, 0.1) is 0 Å². The Morgan fingerprint density at radius 2 is 1.38 bits per heavy atom. The number of unbranched alkanes of at least 4 members (excludes halogenated alkanes) is 11. The third-order valence-corrected chi connectivity index (χ3v) is 6.74. The zero-order valence-corrected chi connectivity index (χ0v) is 20.8. The summed E-state index contributed by atoms with van der Waals surface area (Å²) in [4.78, 5) is 23.3. The minimum Gasteiger partial charge on any atom is -0.481 e. The Morgan fingerprint density at radius 3 is 1.97 bits per heavy atom. The number of hydrogen-bond acceptors (Lipinski definition) is 3. The third-order valence-electron chi connectivity index (χ3n) is 6.74. The van der Waals surface area contributed by atoms with Crippen LogP contribution in [0.5, 0.6) is 0 Å². The smallest absolute Gasteiger partial charge is 0.306 e. The Morgan fingerprint density at radius 1 is 0.812 bits per heavy atom. The molecule has 0 aromatic heterocycles. The second-order valence-corrected chi connectivity index (χ2v) is 9.69. The molecule has 0 aliphatic heterocycles. The maximum absolute atomic E-state index is 12.3. The SMILES string of the molecule is CCCCCCCC/C=C\CCCCCCCC(=O)OC(CCC(=O)O)C1CCCCC1. The molecule has 4 nitrogen and oxygen atoms in total. The van der Waals surface area contributed by atoms with E-state index in [0.717, 1.165) is 25.7 Å². The topological polar surface area (TPSA) is 63.6 Å². The van der Waals surface area contributed by atoms with E-state index >= 15 is 0 Å². The largest absolute Gasteiger partial charge is 0.481 e. The van der Waals surface area contributed by atoms with Gasteiger partial charge in [-0.25, -0.2) is 0 Å². The molecule has 1 N–H and O–H groups in total. The van der Waals surface area contributed by atoms with Gasteiger partial charge in [-0.1, -0.05) is 89.7 Å². The van der Waals surface area contributed by atoms with E-state index in [4.69, 9.17) is 9.84 Å². The summed E-state index contributed by atoms with van der Waals surface area (Å²) in [5.41, 5.74) is 0. The zero-order valence-electron chi connectivity index (χ0n) is 20.8. The van der Waals surface area contributed by atoms with Crippen molar-refractivity contribution in [3.8, 4) is 0 Å². The number of esters is 1. The van der Waals surface area contributed by atoms with Gasteiger partial charge in [-0.2, -0.15) is 0 Å². The predicted octanol–water partition coefficient (Wildman–Crippen LogP) is 8.38. The second kappa shape index (κ2) is 20.3. The van der Waals surface area contributed by atoms with E-state index in [2.05, 4.69) is 19.1 Å². The molecule has 0 aromatic rings. The molecule has 1 atom stereocenters. The normalized spacial score (nSPS) is 15.8. The van der Waals surface area contributed by atoms with Gasteiger partial charge in [0, 0.05) is 12.8 Å². The highest BCUT2D eigenvalue weighted by Crippen LogP contribution is 2.30. The highest BCUT2D eigenvalue weighted by Gasteiger charge is 2.27. The minimum absolute atomic E-state index is 0.0852. The molecule has 0 amide bonds. The Balaban J connectivity index is 2.02. The summed E-state index contributed by atoms with van der Waals surface area (Å²) in [5, 5.41) is 9.00. The van der Waals surface area contributed by atoms with Gasteiger partial charge in [0.1, 0.15) is 6.10 Å². The Hall–Kier alpha value is -1.32. The summed E-state index contributed by atoms with van der Waals surface area (Å²) in [7, 11) is 0. The van der Waals surface area contributed by atoms with Gasteiger partial charge in [0.15, 0.2) is 0 Å². The molecule has 186 valence electrons. The number of carbonyl (C=O) groups is 2. The van der Waals surface area contributed by atoms with Crippen molar-refractivity contribution >= 4 is 11.9 Å². The van der Waals surface area contributed by atoms with Crippen molar-refractivity contribution in [1.29, 1.82) is 0 Å². The lowest BCUT2D eigenvalue weighted by Crippen LogP contribution is -2.29. The molecule has 1 fully saturated rings. The maximum atomic E-state index is 12.3. The molecule has 0 bridgehead atoms. The van der Waals surface area contributed by atoms with Crippen LogP contribution in [0.1, 0.15) is 142 Å². The molecule has 1 unspecified atom stereocenters. The summed E-state index contributed by atoms with van der Waals surface area (Å²) in [6.07, 6.45) is 27.3. The van der Waals surface area contributed by atoms with E-state index < -0.39 is 5.97 Å². The van der Waals surface area contributed by atoms with E-state index in [1.807, 2.05) is 0 Å². The fraction of sp³-hybridized carbons (Fsp3) is 0.857. The van der Waals surface area contributed by atoms with Crippen LogP contribution in [0.25, 0.3) is 0 Å². The van der Waals surface area contributed by atoms with Crippen LogP contribution >= 0.6 is 0 Å². The molecule has 1 aliphatic carbocycles. The molecule has 1 rings (SSSR count). The van der Waals surface area contributed by atoms with Gasteiger partial charge in [0.25, 0.3) is 0 Å². The number of hydrogen-bond donors (Lipinski definition) is 1. The van der Waals surface area contributed by atoms with Crippen LogP contribution in [0, 0.1) is 5.92 Å². The van der Waals surface area contributed by atoms with Gasteiger partial charge in [-0.3, -0.25) is 9.59 Å². The van der Waals surface area contributed by atoms with E-state index in [1.54, 1.807) is 0 Å². The number of carboxylic acid groups (broad SMARTS) is 1. The van der Waals surface area contributed by atoms with Crippen LogP contribution in [0.2, 0.25) is 0 Å². The summed E-state index contributed by atoms with van der Waals surface area (Å²) in [6.45, 7) is 2.26. The van der Waals surface area contributed by atoms with Crippen LogP contribution in [0.4, 0.5) is 0 Å². The Bertz CT molecular complexity index is 494. The Labute approximate surface area is 197 Å². The van der Waals surface area contributed by atoms with Crippen molar-refractivity contribution in [3.05, 3.63) is 12.2 Å². The lowest BCUT2D eigenvalue weighted by Gasteiger charge is -2.29. The van der Waals surface area contributed by atoms with Crippen molar-refractivity contribution in [1.82, 2.24) is 0 Å². The standard InChI is InChI=1S/C28H50O4/c1-2-3-4-5-6-7-8-9-10-11-12-13-14-15-19-22-28(31)32-26(23-24-27(29)30)25-20-17-16-18-21-25/h9-10,25-26H,2-8,11-24H2,1H3,(H,29,30)/b10-9-. The van der Waals surface area contributed by atoms with Crippen LogP contribution in [-0.2, 0) is 14.3 Å². The van der Waals surface area contributed by atoms with Gasteiger partial charge >= 0.3 is 11.9 Å².